The highest BCUT2D eigenvalue weighted by Crippen LogP contribution is 2.35. The lowest BCUT2D eigenvalue weighted by Gasteiger charge is -2.21. The van der Waals surface area contributed by atoms with Crippen molar-refractivity contribution in [3.05, 3.63) is 53.6 Å². The van der Waals surface area contributed by atoms with Gasteiger partial charge in [-0.2, -0.15) is 0 Å². The van der Waals surface area contributed by atoms with Gasteiger partial charge in [0.15, 0.2) is 11.5 Å². The Balaban J connectivity index is 2.43. The lowest BCUT2D eigenvalue weighted by atomic mass is 10.1. The number of ether oxygens (including phenoxy) is 3. The predicted octanol–water partition coefficient (Wildman–Crippen LogP) is 2.90. The Morgan fingerprint density at radius 3 is 1.96 bits per heavy atom. The fraction of sp³-hybridized carbons (Fsp3) is 0.263. The second kappa shape index (κ2) is 8.19. The number of carbonyl (C=O) groups excluding carboxylic acids is 2. The number of benzene rings is 2. The van der Waals surface area contributed by atoms with Crippen LogP contribution >= 0.6 is 0 Å². The van der Waals surface area contributed by atoms with Gasteiger partial charge in [0, 0.05) is 19.1 Å². The van der Waals surface area contributed by atoms with Crippen LogP contribution in [-0.2, 0) is 11.3 Å². The summed E-state index contributed by atoms with van der Waals surface area (Å²) in [5, 5.41) is 0. The van der Waals surface area contributed by atoms with E-state index in [1.54, 1.807) is 6.07 Å². The van der Waals surface area contributed by atoms with Gasteiger partial charge in [-0.15, -0.1) is 0 Å². The second-order valence-electron chi connectivity index (χ2n) is 5.30. The quantitative estimate of drug-likeness (QED) is 0.807. The van der Waals surface area contributed by atoms with Crippen LogP contribution in [0.2, 0.25) is 0 Å². The van der Waals surface area contributed by atoms with Crippen molar-refractivity contribution in [3.63, 3.8) is 0 Å². The largest absolute Gasteiger partial charge is 0.496 e. The Morgan fingerprint density at radius 1 is 0.880 bits per heavy atom. The summed E-state index contributed by atoms with van der Waals surface area (Å²) in [6, 6.07) is 12.4. The number of hydrogen-bond donors (Lipinski definition) is 0. The summed E-state index contributed by atoms with van der Waals surface area (Å²) in [5.74, 6) is 0.310. The third-order valence-corrected chi connectivity index (χ3v) is 3.74. The minimum Gasteiger partial charge on any atom is -0.496 e. The molecule has 0 aliphatic rings. The fourth-order valence-corrected chi connectivity index (χ4v) is 2.43. The molecule has 0 spiro atoms. The molecule has 2 aromatic rings. The zero-order valence-corrected chi connectivity index (χ0v) is 14.7. The van der Waals surface area contributed by atoms with Gasteiger partial charge in [-0.25, -0.2) is 0 Å². The SMILES string of the molecule is COc1cc(OC)c(C(=O)N(Cc2ccccc2)C(C)=O)cc1OC. The molecule has 132 valence electrons. The number of nitrogens with zero attached hydrogens (tertiary/aromatic N) is 1. The van der Waals surface area contributed by atoms with Crippen molar-refractivity contribution in [2.75, 3.05) is 21.3 Å². The molecule has 0 bridgehead atoms. The average molecular weight is 343 g/mol. The molecule has 6 nitrogen and oxygen atoms in total. The molecule has 0 aliphatic heterocycles. The number of methoxy groups -OCH3 is 3. The monoisotopic (exact) mass is 343 g/mol. The van der Waals surface area contributed by atoms with E-state index in [9.17, 15) is 9.59 Å². The molecular weight excluding hydrogens is 322 g/mol. The van der Waals surface area contributed by atoms with E-state index in [4.69, 9.17) is 14.2 Å². The Hall–Kier alpha value is -3.02. The van der Waals surface area contributed by atoms with Gasteiger partial charge in [0.05, 0.1) is 33.4 Å². The molecule has 2 aromatic carbocycles. The lowest BCUT2D eigenvalue weighted by molar-refractivity contribution is -0.126. The zero-order chi connectivity index (χ0) is 18.4. The predicted molar refractivity (Wildman–Crippen MR) is 93.1 cm³/mol. The van der Waals surface area contributed by atoms with Gasteiger partial charge in [-0.05, 0) is 5.56 Å². The molecule has 6 heteroatoms. The summed E-state index contributed by atoms with van der Waals surface area (Å²) in [5.41, 5.74) is 1.08. The van der Waals surface area contributed by atoms with Crippen LogP contribution in [-0.4, -0.2) is 38.0 Å². The fourth-order valence-electron chi connectivity index (χ4n) is 2.43. The molecule has 0 radical (unpaired) electrons. The number of imide groups is 1. The van der Waals surface area contributed by atoms with Crippen molar-refractivity contribution in [1.82, 2.24) is 4.90 Å². The van der Waals surface area contributed by atoms with Gasteiger partial charge < -0.3 is 14.2 Å². The first-order chi connectivity index (χ1) is 12.0. The number of hydrogen-bond acceptors (Lipinski definition) is 5. The first-order valence-electron chi connectivity index (χ1n) is 7.68. The Morgan fingerprint density at radius 2 is 1.44 bits per heavy atom. The molecule has 0 saturated heterocycles. The number of rotatable bonds is 6. The first-order valence-corrected chi connectivity index (χ1v) is 7.68. The molecule has 0 N–H and O–H groups in total. The highest BCUT2D eigenvalue weighted by molar-refractivity contribution is 6.06. The van der Waals surface area contributed by atoms with Crippen molar-refractivity contribution in [3.8, 4) is 17.2 Å². The van der Waals surface area contributed by atoms with Crippen LogP contribution in [0.3, 0.4) is 0 Å². The van der Waals surface area contributed by atoms with Gasteiger partial charge in [-0.3, -0.25) is 14.5 Å². The van der Waals surface area contributed by atoms with Gasteiger partial charge in [-0.1, -0.05) is 30.3 Å². The highest BCUT2D eigenvalue weighted by Gasteiger charge is 2.25. The molecule has 0 saturated carbocycles. The summed E-state index contributed by atoms with van der Waals surface area (Å²) < 4.78 is 15.8. The van der Waals surface area contributed by atoms with Crippen LogP contribution in [0.1, 0.15) is 22.8 Å². The van der Waals surface area contributed by atoms with Crippen molar-refractivity contribution in [1.29, 1.82) is 0 Å². The molecule has 0 heterocycles. The first kappa shape index (κ1) is 18.3. The van der Waals surface area contributed by atoms with Crippen LogP contribution in [0, 0.1) is 0 Å². The number of amides is 2. The van der Waals surface area contributed by atoms with Crippen molar-refractivity contribution >= 4 is 11.8 Å². The number of carbonyl (C=O) groups is 2. The summed E-state index contributed by atoms with van der Waals surface area (Å²) in [6.07, 6.45) is 0. The van der Waals surface area contributed by atoms with Gasteiger partial charge in [0.25, 0.3) is 5.91 Å². The summed E-state index contributed by atoms with van der Waals surface area (Å²) in [6.45, 7) is 1.53. The summed E-state index contributed by atoms with van der Waals surface area (Å²) in [7, 11) is 4.43. The van der Waals surface area contributed by atoms with E-state index in [0.717, 1.165) is 5.56 Å². The molecule has 2 rings (SSSR count). The van der Waals surface area contributed by atoms with E-state index in [-0.39, 0.29) is 18.0 Å². The van der Waals surface area contributed by atoms with Gasteiger partial charge >= 0.3 is 0 Å². The molecule has 0 atom stereocenters. The van der Waals surface area contributed by atoms with Crippen molar-refractivity contribution < 1.29 is 23.8 Å². The van der Waals surface area contributed by atoms with E-state index in [2.05, 4.69) is 0 Å². The maximum Gasteiger partial charge on any atom is 0.264 e. The Labute approximate surface area is 146 Å². The van der Waals surface area contributed by atoms with E-state index in [1.165, 1.54) is 39.2 Å². The third-order valence-electron chi connectivity index (χ3n) is 3.74. The second-order valence-corrected chi connectivity index (χ2v) is 5.30. The van der Waals surface area contributed by atoms with Crippen LogP contribution in [0.25, 0.3) is 0 Å². The van der Waals surface area contributed by atoms with Crippen molar-refractivity contribution in [2.45, 2.75) is 13.5 Å². The Bertz CT molecular complexity index is 758. The molecule has 25 heavy (non-hydrogen) atoms. The molecule has 0 fully saturated rings. The molecule has 0 aromatic heterocycles. The normalized spacial score (nSPS) is 10.1. The van der Waals surface area contributed by atoms with Crippen LogP contribution in [0.15, 0.2) is 42.5 Å². The van der Waals surface area contributed by atoms with Crippen LogP contribution < -0.4 is 14.2 Å². The average Bonchev–Trinajstić information content (AvgIpc) is 2.64. The van der Waals surface area contributed by atoms with E-state index < -0.39 is 5.91 Å². The standard InChI is InChI=1S/C19H21NO5/c1-13(21)20(12-14-8-6-5-7-9-14)19(22)15-10-17(24-3)18(25-4)11-16(15)23-2/h5-11H,12H2,1-4H3. The van der Waals surface area contributed by atoms with Gasteiger partial charge in [0.1, 0.15) is 5.75 Å². The molecule has 0 aliphatic carbocycles. The maximum atomic E-state index is 13.0. The zero-order valence-electron chi connectivity index (χ0n) is 14.7. The van der Waals surface area contributed by atoms with E-state index in [1.807, 2.05) is 30.3 Å². The Kier molecular flexibility index (Phi) is 6.00. The smallest absolute Gasteiger partial charge is 0.264 e. The minimum atomic E-state index is -0.464. The van der Waals surface area contributed by atoms with Crippen molar-refractivity contribution in [2.24, 2.45) is 0 Å². The van der Waals surface area contributed by atoms with Crippen LogP contribution in [0.5, 0.6) is 17.2 Å². The van der Waals surface area contributed by atoms with Crippen LogP contribution in [0.4, 0.5) is 0 Å². The molecule has 2 amide bonds. The molecule has 0 unspecified atom stereocenters. The van der Waals surface area contributed by atoms with Gasteiger partial charge in [0.2, 0.25) is 5.91 Å². The topological polar surface area (TPSA) is 65.1 Å². The maximum absolute atomic E-state index is 13.0. The third kappa shape index (κ3) is 4.09. The lowest BCUT2D eigenvalue weighted by Crippen LogP contribution is -2.34. The van der Waals surface area contributed by atoms with E-state index >= 15 is 0 Å². The van der Waals surface area contributed by atoms with E-state index in [0.29, 0.717) is 17.2 Å². The minimum absolute atomic E-state index is 0.173. The summed E-state index contributed by atoms with van der Waals surface area (Å²) >= 11 is 0. The summed E-state index contributed by atoms with van der Waals surface area (Å²) in [4.78, 5) is 26.2. The molecular formula is C19H21NO5. The highest BCUT2D eigenvalue weighted by atomic mass is 16.5.